The summed E-state index contributed by atoms with van der Waals surface area (Å²) in [6, 6.07) is 6.71. The smallest absolute Gasteiger partial charge is 0.224 e. The van der Waals surface area contributed by atoms with Crippen LogP contribution in [0.5, 0.6) is 0 Å². The van der Waals surface area contributed by atoms with Crippen molar-refractivity contribution < 1.29 is 14.0 Å². The van der Waals surface area contributed by atoms with Crippen LogP contribution in [-0.4, -0.2) is 23.9 Å². The summed E-state index contributed by atoms with van der Waals surface area (Å²) in [4.78, 5) is 25.1. The molecular formula is C21H31FN2O2. The summed E-state index contributed by atoms with van der Waals surface area (Å²) in [7, 11) is 0. The molecule has 2 N–H and O–H groups in total. The first-order chi connectivity index (χ1) is 12.3. The number of nitrogens with one attached hydrogen (secondary N) is 2. The van der Waals surface area contributed by atoms with Crippen molar-refractivity contribution >= 4 is 11.8 Å². The maximum atomic E-state index is 13.6. The molecule has 26 heavy (non-hydrogen) atoms. The van der Waals surface area contributed by atoms with Crippen LogP contribution in [0.25, 0.3) is 0 Å². The Hall–Kier alpha value is -1.91. The van der Waals surface area contributed by atoms with Crippen molar-refractivity contribution in [1.29, 1.82) is 0 Å². The number of benzene rings is 1. The van der Waals surface area contributed by atoms with Gasteiger partial charge in [0.15, 0.2) is 0 Å². The van der Waals surface area contributed by atoms with E-state index in [2.05, 4.69) is 10.6 Å². The summed E-state index contributed by atoms with van der Waals surface area (Å²) < 4.78 is 13.6. The van der Waals surface area contributed by atoms with E-state index in [1.165, 1.54) is 6.07 Å². The molecule has 0 saturated heterocycles. The molecule has 1 aliphatic carbocycles. The molecule has 0 heterocycles. The molecule has 0 bridgehead atoms. The molecule has 1 saturated carbocycles. The summed E-state index contributed by atoms with van der Waals surface area (Å²) in [5.41, 5.74) is 0.372. The van der Waals surface area contributed by atoms with Crippen molar-refractivity contribution in [2.45, 2.75) is 64.8 Å². The van der Waals surface area contributed by atoms with E-state index in [1.807, 2.05) is 26.8 Å². The molecule has 2 rings (SSSR count). The van der Waals surface area contributed by atoms with Crippen LogP contribution in [0.4, 0.5) is 4.39 Å². The average Bonchev–Trinajstić information content (AvgIpc) is 2.58. The zero-order chi connectivity index (χ0) is 19.2. The van der Waals surface area contributed by atoms with Gasteiger partial charge in [-0.15, -0.1) is 0 Å². The second-order valence-electron chi connectivity index (χ2n) is 8.22. The van der Waals surface area contributed by atoms with Crippen molar-refractivity contribution in [2.24, 2.45) is 11.8 Å². The van der Waals surface area contributed by atoms with Crippen molar-refractivity contribution in [3.8, 4) is 0 Å². The third-order valence-corrected chi connectivity index (χ3v) is 4.82. The molecule has 1 aromatic carbocycles. The van der Waals surface area contributed by atoms with Crippen LogP contribution in [0, 0.1) is 17.7 Å². The molecule has 1 fully saturated rings. The first-order valence-electron chi connectivity index (χ1n) is 9.61. The van der Waals surface area contributed by atoms with Crippen LogP contribution in [0.2, 0.25) is 0 Å². The molecule has 0 unspecified atom stereocenters. The van der Waals surface area contributed by atoms with Gasteiger partial charge < -0.3 is 10.6 Å². The Morgan fingerprint density at radius 1 is 1.08 bits per heavy atom. The number of hydrogen-bond donors (Lipinski definition) is 2. The van der Waals surface area contributed by atoms with Crippen LogP contribution in [0.15, 0.2) is 24.3 Å². The van der Waals surface area contributed by atoms with E-state index < -0.39 is 0 Å². The highest BCUT2D eigenvalue weighted by Gasteiger charge is 2.36. The molecule has 0 aliphatic heterocycles. The lowest BCUT2D eigenvalue weighted by atomic mass is 9.77. The van der Waals surface area contributed by atoms with Crippen LogP contribution in [0.1, 0.15) is 58.4 Å². The molecule has 0 radical (unpaired) electrons. The maximum Gasteiger partial charge on any atom is 0.224 e. The van der Waals surface area contributed by atoms with Gasteiger partial charge in [-0.05, 0) is 58.1 Å². The minimum Gasteiger partial charge on any atom is -0.356 e. The van der Waals surface area contributed by atoms with Gasteiger partial charge in [0, 0.05) is 23.9 Å². The fraction of sp³-hybridized carbons (Fsp3) is 0.619. The van der Waals surface area contributed by atoms with Gasteiger partial charge in [0.25, 0.3) is 0 Å². The van der Waals surface area contributed by atoms with E-state index in [0.29, 0.717) is 24.9 Å². The average molecular weight is 362 g/mol. The monoisotopic (exact) mass is 362 g/mol. The zero-order valence-corrected chi connectivity index (χ0v) is 16.1. The van der Waals surface area contributed by atoms with Gasteiger partial charge in [-0.2, -0.15) is 0 Å². The summed E-state index contributed by atoms with van der Waals surface area (Å²) >= 11 is 0. The van der Waals surface area contributed by atoms with Crippen LogP contribution >= 0.6 is 0 Å². The van der Waals surface area contributed by atoms with Gasteiger partial charge in [0.1, 0.15) is 5.82 Å². The molecule has 0 aromatic heterocycles. The van der Waals surface area contributed by atoms with Crippen molar-refractivity contribution in [2.75, 3.05) is 6.54 Å². The van der Waals surface area contributed by atoms with E-state index in [1.54, 1.807) is 12.1 Å². The van der Waals surface area contributed by atoms with E-state index in [9.17, 15) is 14.0 Å². The minimum atomic E-state index is -0.296. The minimum absolute atomic E-state index is 0.0243. The molecular weight excluding hydrogens is 331 g/mol. The number of aryl methyl sites for hydroxylation is 1. The SMILES string of the molecule is CC(C)(C)NC(=O)[C@@H]1CCCC[C@@H]1C(=O)NCCCc1ccccc1F. The molecule has 144 valence electrons. The maximum absolute atomic E-state index is 13.6. The molecule has 2 amide bonds. The fourth-order valence-corrected chi connectivity index (χ4v) is 3.54. The van der Waals surface area contributed by atoms with Gasteiger partial charge in [-0.3, -0.25) is 9.59 Å². The first-order valence-corrected chi connectivity index (χ1v) is 9.61. The number of hydrogen-bond acceptors (Lipinski definition) is 2. The largest absolute Gasteiger partial charge is 0.356 e. The molecule has 4 nitrogen and oxygen atoms in total. The highest BCUT2D eigenvalue weighted by molar-refractivity contribution is 5.88. The van der Waals surface area contributed by atoms with Gasteiger partial charge in [0.2, 0.25) is 11.8 Å². The Balaban J connectivity index is 1.84. The highest BCUT2D eigenvalue weighted by atomic mass is 19.1. The number of carbonyl (C=O) groups excluding carboxylic acids is 2. The van der Waals surface area contributed by atoms with Crippen LogP contribution < -0.4 is 10.6 Å². The van der Waals surface area contributed by atoms with Crippen LogP contribution in [0.3, 0.4) is 0 Å². The highest BCUT2D eigenvalue weighted by Crippen LogP contribution is 2.31. The molecule has 2 atom stereocenters. The predicted octanol–water partition coefficient (Wildman–Crippen LogP) is 3.60. The third-order valence-electron chi connectivity index (χ3n) is 4.82. The quantitative estimate of drug-likeness (QED) is 0.760. The molecule has 1 aliphatic rings. The zero-order valence-electron chi connectivity index (χ0n) is 16.1. The van der Waals surface area contributed by atoms with Crippen LogP contribution in [-0.2, 0) is 16.0 Å². The van der Waals surface area contributed by atoms with Gasteiger partial charge in [-0.25, -0.2) is 4.39 Å². The Morgan fingerprint density at radius 2 is 1.69 bits per heavy atom. The number of rotatable bonds is 6. The van der Waals surface area contributed by atoms with Crippen molar-refractivity contribution in [1.82, 2.24) is 10.6 Å². The lowest BCUT2D eigenvalue weighted by Crippen LogP contribution is -2.49. The van der Waals surface area contributed by atoms with Gasteiger partial charge in [0.05, 0.1) is 0 Å². The molecule has 1 aromatic rings. The normalized spacial score (nSPS) is 20.5. The molecule has 0 spiro atoms. The molecule has 5 heteroatoms. The summed E-state index contributed by atoms with van der Waals surface area (Å²) in [5, 5.41) is 5.96. The van der Waals surface area contributed by atoms with Gasteiger partial charge in [-0.1, -0.05) is 31.0 Å². The lowest BCUT2D eigenvalue weighted by Gasteiger charge is -2.32. The van der Waals surface area contributed by atoms with Crippen molar-refractivity contribution in [3.05, 3.63) is 35.6 Å². The standard InChI is InChI=1S/C21H31FN2O2/c1-21(2,3)24-20(26)17-12-6-5-11-16(17)19(25)23-14-8-10-15-9-4-7-13-18(15)22/h4,7,9,13,16-17H,5-6,8,10-12,14H2,1-3H3,(H,23,25)(H,24,26)/t16-,17+/m0/s1. The number of halogens is 1. The predicted molar refractivity (Wildman–Crippen MR) is 101 cm³/mol. The summed E-state index contributed by atoms with van der Waals surface area (Å²) in [6.07, 6.45) is 4.74. The fourth-order valence-electron chi connectivity index (χ4n) is 3.54. The number of amides is 2. The van der Waals surface area contributed by atoms with E-state index >= 15 is 0 Å². The first kappa shape index (κ1) is 20.4. The summed E-state index contributed by atoms with van der Waals surface area (Å²) in [5.74, 6) is -0.796. The van der Waals surface area contributed by atoms with E-state index in [0.717, 1.165) is 25.7 Å². The van der Waals surface area contributed by atoms with E-state index in [-0.39, 0.29) is 35.0 Å². The second-order valence-corrected chi connectivity index (χ2v) is 8.22. The lowest BCUT2D eigenvalue weighted by molar-refractivity contribution is -0.137. The summed E-state index contributed by atoms with van der Waals surface area (Å²) in [6.45, 7) is 6.35. The Kier molecular flexibility index (Phi) is 7.18. The second kappa shape index (κ2) is 9.15. The van der Waals surface area contributed by atoms with E-state index in [4.69, 9.17) is 0 Å². The van der Waals surface area contributed by atoms with Crippen molar-refractivity contribution in [3.63, 3.8) is 0 Å². The number of carbonyl (C=O) groups is 2. The van der Waals surface area contributed by atoms with Gasteiger partial charge >= 0.3 is 0 Å². The Bertz CT molecular complexity index is 625. The Morgan fingerprint density at radius 3 is 2.31 bits per heavy atom. The Labute approximate surface area is 155 Å². The third kappa shape index (κ3) is 6.11. The topological polar surface area (TPSA) is 58.2 Å².